The average molecular weight is 244 g/mol. The van der Waals surface area contributed by atoms with Crippen LogP contribution in [0.1, 0.15) is 15.9 Å². The standard InChI is InChI=1S/C14H12O2S/c1-11-7-5-6-10-13(11)14(15)17(16)12-8-3-2-4-9-12/h2-10H,1H3. The van der Waals surface area contributed by atoms with Crippen LogP contribution < -0.4 is 0 Å². The van der Waals surface area contributed by atoms with Crippen LogP contribution in [0, 0.1) is 6.92 Å². The molecule has 17 heavy (non-hydrogen) atoms. The molecule has 1 atom stereocenters. The zero-order chi connectivity index (χ0) is 12.3. The molecule has 0 saturated heterocycles. The zero-order valence-corrected chi connectivity index (χ0v) is 10.2. The first kappa shape index (κ1) is 11.7. The summed E-state index contributed by atoms with van der Waals surface area (Å²) in [4.78, 5) is 12.6. The molecule has 1 unspecified atom stereocenters. The molecule has 0 N–H and O–H groups in total. The lowest BCUT2D eigenvalue weighted by Crippen LogP contribution is -2.09. The summed E-state index contributed by atoms with van der Waals surface area (Å²) in [6.07, 6.45) is 0. The fourth-order valence-electron chi connectivity index (χ4n) is 1.55. The van der Waals surface area contributed by atoms with Crippen LogP contribution in [0.4, 0.5) is 0 Å². The SMILES string of the molecule is Cc1ccccc1C(=O)S(=O)c1ccccc1. The van der Waals surface area contributed by atoms with Crippen molar-refractivity contribution in [3.05, 3.63) is 65.7 Å². The quantitative estimate of drug-likeness (QED) is 0.814. The van der Waals surface area contributed by atoms with Gasteiger partial charge >= 0.3 is 0 Å². The second kappa shape index (κ2) is 5.06. The fraction of sp³-hybridized carbons (Fsp3) is 0.0714. The van der Waals surface area contributed by atoms with Crippen LogP contribution in [-0.4, -0.2) is 9.32 Å². The molecular weight excluding hydrogens is 232 g/mol. The van der Waals surface area contributed by atoms with Crippen LogP contribution in [0.15, 0.2) is 59.5 Å². The molecule has 0 fully saturated rings. The summed E-state index contributed by atoms with van der Waals surface area (Å²) < 4.78 is 12.1. The molecule has 0 bridgehead atoms. The Hall–Kier alpha value is -1.74. The first-order valence-corrected chi connectivity index (χ1v) is 6.42. The van der Waals surface area contributed by atoms with Gasteiger partial charge in [-0.05, 0) is 24.6 Å². The molecule has 0 heterocycles. The normalized spacial score (nSPS) is 12.1. The van der Waals surface area contributed by atoms with E-state index in [9.17, 15) is 9.00 Å². The molecule has 0 aromatic heterocycles. The maximum atomic E-state index is 12.1. The van der Waals surface area contributed by atoms with Crippen LogP contribution in [0.3, 0.4) is 0 Å². The van der Waals surface area contributed by atoms with Gasteiger partial charge in [-0.15, -0.1) is 0 Å². The molecule has 3 heteroatoms. The van der Waals surface area contributed by atoms with E-state index in [-0.39, 0.29) is 5.12 Å². The highest BCUT2D eigenvalue weighted by molar-refractivity contribution is 8.00. The molecule has 0 aliphatic carbocycles. The molecular formula is C14H12O2S. The third-order valence-electron chi connectivity index (χ3n) is 2.49. The summed E-state index contributed by atoms with van der Waals surface area (Å²) in [7, 11) is -1.63. The molecule has 0 aliphatic heterocycles. The van der Waals surface area contributed by atoms with Crippen molar-refractivity contribution in [3.63, 3.8) is 0 Å². The number of carbonyl (C=O) groups is 1. The smallest absolute Gasteiger partial charge is 0.254 e. The Labute approximate surface area is 103 Å². The minimum absolute atomic E-state index is 0.339. The van der Waals surface area contributed by atoms with E-state index in [0.29, 0.717) is 10.5 Å². The lowest BCUT2D eigenvalue weighted by molar-refractivity contribution is 0.108. The summed E-state index contributed by atoms with van der Waals surface area (Å²) in [5.74, 6) is 0. The molecule has 0 radical (unpaired) electrons. The number of hydrogen-bond acceptors (Lipinski definition) is 2. The number of rotatable bonds is 2. The Kier molecular flexibility index (Phi) is 3.49. The Morgan fingerprint density at radius 3 is 2.18 bits per heavy atom. The number of hydrogen-bond donors (Lipinski definition) is 0. The maximum absolute atomic E-state index is 12.1. The predicted octanol–water partition coefficient (Wildman–Crippen LogP) is 2.94. The summed E-state index contributed by atoms with van der Waals surface area (Å²) in [5.41, 5.74) is 1.37. The Balaban J connectivity index is 2.34. The van der Waals surface area contributed by atoms with Gasteiger partial charge < -0.3 is 0 Å². The van der Waals surface area contributed by atoms with Crippen molar-refractivity contribution < 1.29 is 9.00 Å². The minimum Gasteiger partial charge on any atom is -0.278 e. The summed E-state index contributed by atoms with van der Waals surface area (Å²) in [6, 6.07) is 16.0. The Bertz CT molecular complexity index is 561. The van der Waals surface area contributed by atoms with Gasteiger partial charge in [-0.2, -0.15) is 0 Å². The summed E-state index contributed by atoms with van der Waals surface area (Å²) in [5, 5.41) is -0.339. The highest BCUT2D eigenvalue weighted by Crippen LogP contribution is 2.15. The molecule has 2 aromatic carbocycles. The highest BCUT2D eigenvalue weighted by atomic mass is 32.2. The molecule has 86 valence electrons. The van der Waals surface area contributed by atoms with Gasteiger partial charge in [0, 0.05) is 10.5 Å². The Morgan fingerprint density at radius 1 is 0.941 bits per heavy atom. The van der Waals surface area contributed by atoms with Crippen LogP contribution in [0.5, 0.6) is 0 Å². The molecule has 0 spiro atoms. The molecule has 2 aromatic rings. The molecule has 0 aliphatic rings. The van der Waals surface area contributed by atoms with Crippen molar-refractivity contribution >= 4 is 15.9 Å². The van der Waals surface area contributed by atoms with Crippen molar-refractivity contribution in [2.45, 2.75) is 11.8 Å². The first-order chi connectivity index (χ1) is 8.20. The highest BCUT2D eigenvalue weighted by Gasteiger charge is 2.17. The topological polar surface area (TPSA) is 34.1 Å². The Morgan fingerprint density at radius 2 is 1.53 bits per heavy atom. The maximum Gasteiger partial charge on any atom is 0.254 e. The molecule has 2 rings (SSSR count). The van der Waals surface area contributed by atoms with Gasteiger partial charge in [0.05, 0.1) is 0 Å². The fourth-order valence-corrected chi connectivity index (χ4v) is 2.60. The van der Waals surface area contributed by atoms with Gasteiger partial charge in [-0.3, -0.25) is 4.79 Å². The largest absolute Gasteiger partial charge is 0.278 e. The number of aryl methyl sites for hydroxylation is 1. The van der Waals surface area contributed by atoms with Crippen LogP contribution in [-0.2, 0) is 10.8 Å². The van der Waals surface area contributed by atoms with E-state index in [1.165, 1.54) is 0 Å². The van der Waals surface area contributed by atoms with Gasteiger partial charge in [0.15, 0.2) is 0 Å². The lowest BCUT2D eigenvalue weighted by atomic mass is 10.1. The van der Waals surface area contributed by atoms with Gasteiger partial charge in [0.25, 0.3) is 5.12 Å². The number of benzene rings is 2. The first-order valence-electron chi connectivity index (χ1n) is 5.27. The van der Waals surface area contributed by atoms with E-state index >= 15 is 0 Å². The van der Waals surface area contributed by atoms with E-state index < -0.39 is 10.8 Å². The van der Waals surface area contributed by atoms with Crippen LogP contribution in [0.25, 0.3) is 0 Å². The van der Waals surface area contributed by atoms with E-state index in [1.807, 2.05) is 25.1 Å². The van der Waals surface area contributed by atoms with Crippen molar-refractivity contribution in [1.29, 1.82) is 0 Å². The second-order valence-electron chi connectivity index (χ2n) is 3.68. The minimum atomic E-state index is -1.63. The zero-order valence-electron chi connectivity index (χ0n) is 9.42. The summed E-state index contributed by atoms with van der Waals surface area (Å²) >= 11 is 0. The van der Waals surface area contributed by atoms with E-state index in [4.69, 9.17) is 0 Å². The average Bonchev–Trinajstić information content (AvgIpc) is 2.39. The van der Waals surface area contributed by atoms with Crippen molar-refractivity contribution in [2.75, 3.05) is 0 Å². The third-order valence-corrected chi connectivity index (χ3v) is 3.75. The van der Waals surface area contributed by atoms with Gasteiger partial charge in [0.2, 0.25) is 0 Å². The second-order valence-corrected chi connectivity index (χ2v) is 5.06. The van der Waals surface area contributed by atoms with Crippen LogP contribution in [0.2, 0.25) is 0 Å². The summed E-state index contributed by atoms with van der Waals surface area (Å²) in [6.45, 7) is 1.84. The van der Waals surface area contributed by atoms with Gasteiger partial charge in [-0.1, -0.05) is 42.5 Å². The van der Waals surface area contributed by atoms with Crippen molar-refractivity contribution in [1.82, 2.24) is 0 Å². The molecule has 0 amide bonds. The van der Waals surface area contributed by atoms with E-state index in [2.05, 4.69) is 0 Å². The third kappa shape index (κ3) is 2.50. The molecule has 0 saturated carbocycles. The van der Waals surface area contributed by atoms with E-state index in [0.717, 1.165) is 5.56 Å². The van der Waals surface area contributed by atoms with E-state index in [1.54, 1.807) is 36.4 Å². The lowest BCUT2D eigenvalue weighted by Gasteiger charge is -2.04. The predicted molar refractivity (Wildman–Crippen MR) is 68.4 cm³/mol. The monoisotopic (exact) mass is 244 g/mol. The van der Waals surface area contributed by atoms with Crippen LogP contribution >= 0.6 is 0 Å². The van der Waals surface area contributed by atoms with Gasteiger partial charge in [-0.25, -0.2) is 4.21 Å². The number of carbonyl (C=O) groups excluding carboxylic acids is 1. The van der Waals surface area contributed by atoms with Crippen molar-refractivity contribution in [2.24, 2.45) is 0 Å². The van der Waals surface area contributed by atoms with Crippen molar-refractivity contribution in [3.8, 4) is 0 Å². The van der Waals surface area contributed by atoms with Gasteiger partial charge in [0.1, 0.15) is 10.8 Å². The molecule has 2 nitrogen and oxygen atoms in total.